The highest BCUT2D eigenvalue weighted by Gasteiger charge is 2.39. The van der Waals surface area contributed by atoms with Gasteiger partial charge in [-0.2, -0.15) is 0 Å². The molecule has 80 valence electrons. The number of nitrogens with two attached hydrogens (primary N) is 1. The van der Waals surface area contributed by atoms with Crippen LogP contribution in [0.2, 0.25) is 5.02 Å². The monoisotopic (exact) mass is 224 g/mol. The van der Waals surface area contributed by atoms with Crippen molar-refractivity contribution < 1.29 is 4.79 Å². The van der Waals surface area contributed by atoms with Gasteiger partial charge in [-0.15, -0.1) is 0 Å². The number of carbonyl (C=O) groups excluding carboxylic acids is 1. The third-order valence-electron chi connectivity index (χ3n) is 2.69. The first-order chi connectivity index (χ1) is 7.02. The van der Waals surface area contributed by atoms with Crippen LogP contribution in [-0.4, -0.2) is 11.4 Å². The van der Waals surface area contributed by atoms with Crippen molar-refractivity contribution >= 4 is 23.2 Å². The fourth-order valence-corrected chi connectivity index (χ4v) is 1.59. The zero-order valence-corrected chi connectivity index (χ0v) is 9.27. The molecule has 0 aliphatic heterocycles. The first-order valence-corrected chi connectivity index (χ1v) is 5.26. The van der Waals surface area contributed by atoms with Crippen molar-refractivity contribution in [3.63, 3.8) is 0 Å². The fraction of sp³-hybridized carbons (Fsp3) is 0.364. The van der Waals surface area contributed by atoms with E-state index in [0.29, 0.717) is 16.3 Å². The normalized spacial score (nSPS) is 17.2. The molecule has 0 heterocycles. The predicted molar refractivity (Wildman–Crippen MR) is 61.0 cm³/mol. The smallest absolute Gasteiger partial charge is 0.253 e. The van der Waals surface area contributed by atoms with E-state index in [1.807, 2.05) is 6.92 Å². The number of hydrogen-bond acceptors (Lipinski definition) is 2. The summed E-state index contributed by atoms with van der Waals surface area (Å²) in [5, 5.41) is 3.27. The zero-order valence-electron chi connectivity index (χ0n) is 8.51. The zero-order chi connectivity index (χ0) is 11.1. The lowest BCUT2D eigenvalue weighted by Gasteiger charge is -2.12. The molecule has 0 aromatic heterocycles. The number of rotatable bonds is 2. The molecular weight excluding hydrogens is 212 g/mol. The van der Waals surface area contributed by atoms with Crippen LogP contribution in [0.4, 0.5) is 5.69 Å². The second-order valence-corrected chi connectivity index (χ2v) is 4.60. The molecule has 4 heteroatoms. The summed E-state index contributed by atoms with van der Waals surface area (Å²) in [7, 11) is 0. The van der Waals surface area contributed by atoms with Gasteiger partial charge in [-0.3, -0.25) is 4.79 Å². The Hall–Kier alpha value is -1.22. The Morgan fingerprint density at radius 3 is 2.80 bits per heavy atom. The van der Waals surface area contributed by atoms with Gasteiger partial charge in [-0.1, -0.05) is 17.7 Å². The van der Waals surface area contributed by atoms with Crippen molar-refractivity contribution in [2.45, 2.75) is 25.3 Å². The molecule has 1 fully saturated rings. The first-order valence-electron chi connectivity index (χ1n) is 4.88. The Bertz CT molecular complexity index is 413. The Morgan fingerprint density at radius 2 is 2.20 bits per heavy atom. The molecule has 3 N–H and O–H groups in total. The Balaban J connectivity index is 2.21. The number of halogens is 1. The van der Waals surface area contributed by atoms with Gasteiger partial charge in [-0.25, -0.2) is 0 Å². The van der Waals surface area contributed by atoms with Crippen LogP contribution < -0.4 is 11.1 Å². The van der Waals surface area contributed by atoms with Crippen molar-refractivity contribution in [1.82, 2.24) is 5.32 Å². The van der Waals surface area contributed by atoms with E-state index in [4.69, 9.17) is 17.3 Å². The van der Waals surface area contributed by atoms with E-state index in [9.17, 15) is 4.79 Å². The van der Waals surface area contributed by atoms with Crippen LogP contribution in [-0.2, 0) is 0 Å². The lowest BCUT2D eigenvalue weighted by Crippen LogP contribution is -2.34. The molecule has 1 aromatic rings. The summed E-state index contributed by atoms with van der Waals surface area (Å²) in [4.78, 5) is 11.8. The van der Waals surface area contributed by atoms with E-state index in [1.165, 1.54) is 0 Å². The number of carbonyl (C=O) groups is 1. The minimum Gasteiger partial charge on any atom is -0.398 e. The summed E-state index contributed by atoms with van der Waals surface area (Å²) >= 11 is 5.95. The lowest BCUT2D eigenvalue weighted by atomic mass is 10.1. The van der Waals surface area contributed by atoms with Crippen molar-refractivity contribution in [1.29, 1.82) is 0 Å². The molecule has 15 heavy (non-hydrogen) atoms. The van der Waals surface area contributed by atoms with E-state index in [2.05, 4.69) is 5.32 Å². The highest BCUT2D eigenvalue weighted by atomic mass is 35.5. The van der Waals surface area contributed by atoms with Crippen molar-refractivity contribution in [2.75, 3.05) is 5.73 Å². The van der Waals surface area contributed by atoms with Gasteiger partial charge in [0.2, 0.25) is 0 Å². The van der Waals surface area contributed by atoms with E-state index >= 15 is 0 Å². The third-order valence-corrected chi connectivity index (χ3v) is 3.11. The SMILES string of the molecule is CC1(NC(=O)c2cccc(N)c2Cl)CC1. The Morgan fingerprint density at radius 1 is 1.53 bits per heavy atom. The average Bonchev–Trinajstić information content (AvgIpc) is 2.88. The van der Waals surface area contributed by atoms with Gasteiger partial charge in [0, 0.05) is 5.54 Å². The number of benzene rings is 1. The molecule has 1 amide bonds. The molecule has 1 aliphatic rings. The van der Waals surface area contributed by atoms with Crippen LogP contribution in [0.5, 0.6) is 0 Å². The van der Waals surface area contributed by atoms with Gasteiger partial charge in [0.1, 0.15) is 0 Å². The molecule has 2 rings (SSSR count). The van der Waals surface area contributed by atoms with Crippen LogP contribution in [0, 0.1) is 0 Å². The van der Waals surface area contributed by atoms with Gasteiger partial charge in [-0.05, 0) is 31.9 Å². The number of nitrogens with one attached hydrogen (secondary N) is 1. The summed E-state index contributed by atoms with van der Waals surface area (Å²) in [6.07, 6.45) is 2.05. The standard InChI is InChI=1S/C11H13ClN2O/c1-11(5-6-11)14-10(15)7-3-2-4-8(13)9(7)12/h2-4H,5-6,13H2,1H3,(H,14,15). The molecule has 0 unspecified atom stereocenters. The van der Waals surface area contributed by atoms with Crippen molar-refractivity contribution in [3.05, 3.63) is 28.8 Å². The number of nitrogen functional groups attached to an aromatic ring is 1. The van der Waals surface area contributed by atoms with Gasteiger partial charge >= 0.3 is 0 Å². The van der Waals surface area contributed by atoms with E-state index in [-0.39, 0.29) is 11.4 Å². The van der Waals surface area contributed by atoms with Crippen LogP contribution in [0.15, 0.2) is 18.2 Å². The maximum atomic E-state index is 11.8. The van der Waals surface area contributed by atoms with Crippen LogP contribution in [0.25, 0.3) is 0 Å². The van der Waals surface area contributed by atoms with Crippen LogP contribution in [0.3, 0.4) is 0 Å². The number of hydrogen-bond donors (Lipinski definition) is 2. The highest BCUT2D eigenvalue weighted by Crippen LogP contribution is 2.35. The highest BCUT2D eigenvalue weighted by molar-refractivity contribution is 6.36. The largest absolute Gasteiger partial charge is 0.398 e. The second kappa shape index (κ2) is 3.42. The minimum atomic E-state index is -0.146. The third kappa shape index (κ3) is 2.07. The summed E-state index contributed by atoms with van der Waals surface area (Å²) in [5.41, 5.74) is 6.47. The Kier molecular flexibility index (Phi) is 2.35. The molecule has 3 nitrogen and oxygen atoms in total. The van der Waals surface area contributed by atoms with E-state index in [0.717, 1.165) is 12.8 Å². The molecule has 0 atom stereocenters. The number of anilines is 1. The van der Waals surface area contributed by atoms with E-state index in [1.54, 1.807) is 18.2 Å². The Labute approximate surface area is 93.6 Å². The van der Waals surface area contributed by atoms with Gasteiger partial charge in [0.25, 0.3) is 5.91 Å². The maximum Gasteiger partial charge on any atom is 0.253 e. The van der Waals surface area contributed by atoms with Crippen molar-refractivity contribution in [2.24, 2.45) is 0 Å². The first kappa shape index (κ1) is 10.3. The molecule has 0 saturated heterocycles. The fourth-order valence-electron chi connectivity index (χ4n) is 1.38. The molecule has 0 radical (unpaired) electrons. The summed E-state index contributed by atoms with van der Waals surface area (Å²) in [6.45, 7) is 2.02. The molecular formula is C11H13ClN2O. The topological polar surface area (TPSA) is 55.1 Å². The quantitative estimate of drug-likeness (QED) is 0.757. The molecule has 0 bridgehead atoms. The van der Waals surface area contributed by atoms with Gasteiger partial charge < -0.3 is 11.1 Å². The lowest BCUT2D eigenvalue weighted by molar-refractivity contribution is 0.0935. The van der Waals surface area contributed by atoms with Crippen LogP contribution >= 0.6 is 11.6 Å². The van der Waals surface area contributed by atoms with Crippen LogP contribution in [0.1, 0.15) is 30.1 Å². The van der Waals surface area contributed by atoms with Gasteiger partial charge in [0.05, 0.1) is 16.3 Å². The number of amides is 1. The molecule has 1 saturated carbocycles. The average molecular weight is 225 g/mol. The maximum absolute atomic E-state index is 11.8. The second-order valence-electron chi connectivity index (χ2n) is 4.22. The summed E-state index contributed by atoms with van der Waals surface area (Å²) in [6, 6.07) is 5.09. The van der Waals surface area contributed by atoms with E-state index < -0.39 is 0 Å². The summed E-state index contributed by atoms with van der Waals surface area (Å²) in [5.74, 6) is -0.146. The minimum absolute atomic E-state index is 0.0367. The molecule has 1 aliphatic carbocycles. The summed E-state index contributed by atoms with van der Waals surface area (Å²) < 4.78 is 0. The molecule has 1 aromatic carbocycles. The molecule has 0 spiro atoms. The predicted octanol–water partition coefficient (Wildman–Crippen LogP) is 2.20. The van der Waals surface area contributed by atoms with Gasteiger partial charge in [0.15, 0.2) is 0 Å². The van der Waals surface area contributed by atoms with Crippen molar-refractivity contribution in [3.8, 4) is 0 Å².